The third-order valence-corrected chi connectivity index (χ3v) is 4.02. The van der Waals surface area contributed by atoms with Crippen LogP contribution >= 0.6 is 0 Å². The average molecular weight is 324 g/mol. The zero-order valence-corrected chi connectivity index (χ0v) is 12.9. The zero-order chi connectivity index (χ0) is 15.3. The zero-order valence-electron chi connectivity index (χ0n) is 11.3. The number of aryl methyl sites for hydroxylation is 2. The molecule has 0 aliphatic heterocycles. The smallest absolute Gasteiger partial charge is 0.397 e. The summed E-state index contributed by atoms with van der Waals surface area (Å²) in [6.07, 6.45) is 0. The van der Waals surface area contributed by atoms with E-state index in [2.05, 4.69) is 4.18 Å². The predicted molar refractivity (Wildman–Crippen MR) is 72.3 cm³/mol. The van der Waals surface area contributed by atoms with Gasteiger partial charge in [-0.15, -0.1) is 0 Å². The normalized spacial score (nSPS) is 13.2. The van der Waals surface area contributed by atoms with E-state index in [1.165, 1.54) is 7.11 Å². The fourth-order valence-corrected chi connectivity index (χ4v) is 2.68. The van der Waals surface area contributed by atoms with Crippen molar-refractivity contribution in [3.05, 3.63) is 23.3 Å². The monoisotopic (exact) mass is 324 g/mol. The molecular formula is C11H16O7S2. The van der Waals surface area contributed by atoms with Gasteiger partial charge in [0.25, 0.3) is 0 Å². The molecule has 0 saturated heterocycles. The van der Waals surface area contributed by atoms with Gasteiger partial charge in [0.1, 0.15) is 5.75 Å². The Morgan fingerprint density at radius 2 is 1.85 bits per heavy atom. The van der Waals surface area contributed by atoms with Gasteiger partial charge in [0, 0.05) is 0 Å². The van der Waals surface area contributed by atoms with Crippen molar-refractivity contribution in [3.8, 4) is 5.75 Å². The molecular weight excluding hydrogens is 308 g/mol. The van der Waals surface area contributed by atoms with Crippen molar-refractivity contribution in [1.29, 1.82) is 0 Å². The molecule has 0 fully saturated rings. The number of rotatable bonds is 7. The Morgan fingerprint density at radius 1 is 1.20 bits per heavy atom. The van der Waals surface area contributed by atoms with Crippen molar-refractivity contribution in [2.75, 3.05) is 20.3 Å². The minimum Gasteiger partial charge on any atom is -0.496 e. The molecule has 0 aliphatic carbocycles. The highest BCUT2D eigenvalue weighted by atomic mass is 32.3. The van der Waals surface area contributed by atoms with Gasteiger partial charge in [0.15, 0.2) is 11.1 Å². The maximum Gasteiger partial charge on any atom is 0.397 e. The summed E-state index contributed by atoms with van der Waals surface area (Å²) in [5.41, 5.74) is 1.66. The molecule has 1 N–H and O–H groups in total. The largest absolute Gasteiger partial charge is 0.496 e. The summed E-state index contributed by atoms with van der Waals surface area (Å²) in [6, 6.07) is 3.41. The summed E-state index contributed by atoms with van der Waals surface area (Å²) in [6.45, 7) is 2.96. The third-order valence-electron chi connectivity index (χ3n) is 2.38. The first-order valence-electron chi connectivity index (χ1n) is 5.56. The van der Waals surface area contributed by atoms with E-state index in [9.17, 15) is 12.6 Å². The van der Waals surface area contributed by atoms with Gasteiger partial charge in [-0.1, -0.05) is 6.07 Å². The highest BCUT2D eigenvalue weighted by Gasteiger charge is 2.13. The van der Waals surface area contributed by atoms with Crippen LogP contribution in [-0.2, 0) is 29.8 Å². The topological polar surface area (TPSA) is 99.1 Å². The molecule has 0 aliphatic rings. The van der Waals surface area contributed by atoms with Gasteiger partial charge in [-0.25, -0.2) is 8.39 Å². The molecule has 1 unspecified atom stereocenters. The van der Waals surface area contributed by atoms with E-state index in [0.29, 0.717) is 10.6 Å². The number of benzene rings is 1. The summed E-state index contributed by atoms with van der Waals surface area (Å²) < 4.78 is 55.0. The average Bonchev–Trinajstić information content (AvgIpc) is 2.33. The second-order valence-electron chi connectivity index (χ2n) is 3.89. The van der Waals surface area contributed by atoms with Crippen LogP contribution in [0.4, 0.5) is 0 Å². The van der Waals surface area contributed by atoms with E-state index in [-0.39, 0.29) is 6.61 Å². The van der Waals surface area contributed by atoms with Crippen LogP contribution in [0.3, 0.4) is 0 Å². The van der Waals surface area contributed by atoms with E-state index in [1.807, 2.05) is 13.0 Å². The molecule has 0 radical (unpaired) electrons. The molecule has 0 bridgehead atoms. The van der Waals surface area contributed by atoms with Gasteiger partial charge in [0.2, 0.25) is 0 Å². The fraction of sp³-hybridized carbons (Fsp3) is 0.455. The van der Waals surface area contributed by atoms with Crippen LogP contribution < -0.4 is 4.74 Å². The summed E-state index contributed by atoms with van der Waals surface area (Å²) in [5.74, 6) is 0.580. The van der Waals surface area contributed by atoms with Crippen LogP contribution in [0.5, 0.6) is 5.75 Å². The van der Waals surface area contributed by atoms with Crippen LogP contribution in [0.25, 0.3) is 0 Å². The molecule has 9 heteroatoms. The number of ether oxygens (including phenoxy) is 1. The lowest BCUT2D eigenvalue weighted by molar-refractivity contribution is 0.212. The van der Waals surface area contributed by atoms with Crippen molar-refractivity contribution in [2.45, 2.75) is 18.7 Å². The molecule has 7 nitrogen and oxygen atoms in total. The van der Waals surface area contributed by atoms with Crippen molar-refractivity contribution >= 4 is 21.5 Å². The third kappa shape index (κ3) is 5.17. The Hall–Kier alpha value is -1.00. The highest BCUT2D eigenvalue weighted by molar-refractivity contribution is 7.81. The summed E-state index contributed by atoms with van der Waals surface area (Å²) in [5, 5.41) is 0. The van der Waals surface area contributed by atoms with E-state index in [1.54, 1.807) is 13.0 Å². The van der Waals surface area contributed by atoms with Crippen LogP contribution in [-0.4, -0.2) is 37.5 Å². The first-order chi connectivity index (χ1) is 9.24. The second kappa shape index (κ2) is 7.14. The molecule has 0 saturated carbocycles. The van der Waals surface area contributed by atoms with Gasteiger partial charge in [-0.2, -0.15) is 8.42 Å². The maximum atomic E-state index is 11.9. The molecule has 20 heavy (non-hydrogen) atoms. The molecule has 1 aromatic carbocycles. The fourth-order valence-electron chi connectivity index (χ4n) is 1.53. The lowest BCUT2D eigenvalue weighted by atomic mass is 10.1. The molecule has 1 atom stereocenters. The quantitative estimate of drug-likeness (QED) is 0.593. The van der Waals surface area contributed by atoms with Gasteiger partial charge in [-0.3, -0.25) is 8.74 Å². The Kier molecular flexibility index (Phi) is 6.08. The van der Waals surface area contributed by atoms with Gasteiger partial charge in [-0.05, 0) is 31.0 Å². The van der Waals surface area contributed by atoms with Crippen molar-refractivity contribution in [1.82, 2.24) is 0 Å². The highest BCUT2D eigenvalue weighted by Crippen LogP contribution is 2.25. The Balaban J connectivity index is 2.68. The summed E-state index contributed by atoms with van der Waals surface area (Å²) in [7, 11) is -3.00. The molecule has 0 aromatic heterocycles. The minimum absolute atomic E-state index is 0.248. The van der Waals surface area contributed by atoms with E-state index >= 15 is 0 Å². The van der Waals surface area contributed by atoms with Crippen LogP contribution in [0.1, 0.15) is 11.1 Å². The molecule has 114 valence electrons. The van der Waals surface area contributed by atoms with Crippen LogP contribution in [0.15, 0.2) is 17.0 Å². The molecule has 1 rings (SSSR count). The van der Waals surface area contributed by atoms with E-state index in [4.69, 9.17) is 13.5 Å². The first-order valence-corrected chi connectivity index (χ1v) is 8.00. The Morgan fingerprint density at radius 3 is 2.40 bits per heavy atom. The molecule has 1 aromatic rings. The van der Waals surface area contributed by atoms with Crippen LogP contribution in [0.2, 0.25) is 0 Å². The molecule has 0 amide bonds. The second-order valence-corrected chi connectivity index (χ2v) is 6.13. The number of methoxy groups -OCH3 is 1. The summed E-state index contributed by atoms with van der Waals surface area (Å²) in [4.78, 5) is 0.430. The van der Waals surface area contributed by atoms with E-state index in [0.717, 1.165) is 11.1 Å². The van der Waals surface area contributed by atoms with Crippen molar-refractivity contribution < 1.29 is 30.3 Å². The number of hydrogen-bond donors (Lipinski definition) is 1. The van der Waals surface area contributed by atoms with Gasteiger partial charge < -0.3 is 4.74 Å². The Labute approximate surface area is 120 Å². The van der Waals surface area contributed by atoms with Gasteiger partial charge >= 0.3 is 10.4 Å². The predicted octanol–water partition coefficient (Wildman–Crippen LogP) is 1.17. The van der Waals surface area contributed by atoms with E-state index < -0.39 is 28.1 Å². The van der Waals surface area contributed by atoms with Gasteiger partial charge in [0.05, 0.1) is 25.2 Å². The SMILES string of the molecule is COc1cc(S(=O)OCCOS(=O)(=O)O)c(C)cc1C. The molecule has 0 spiro atoms. The Bertz CT molecular complexity index is 595. The number of hydrogen-bond acceptors (Lipinski definition) is 6. The first kappa shape index (κ1) is 17.1. The maximum absolute atomic E-state index is 11.9. The lowest BCUT2D eigenvalue weighted by Gasteiger charge is -2.10. The van der Waals surface area contributed by atoms with Crippen LogP contribution in [0, 0.1) is 13.8 Å². The van der Waals surface area contributed by atoms with Crippen molar-refractivity contribution in [2.24, 2.45) is 0 Å². The lowest BCUT2D eigenvalue weighted by Crippen LogP contribution is -2.11. The minimum atomic E-state index is -4.51. The summed E-state index contributed by atoms with van der Waals surface area (Å²) >= 11 is -1.78. The standard InChI is InChI=1S/C11H16O7S2/c1-8-6-9(2)11(7-10(8)16-3)19(12)17-4-5-18-20(13,14)15/h6-7H,4-5H2,1-3H3,(H,13,14,15). The van der Waals surface area contributed by atoms with Crippen molar-refractivity contribution in [3.63, 3.8) is 0 Å². The molecule has 0 heterocycles.